The normalized spacial score (nSPS) is 10.6. The van der Waals surface area contributed by atoms with Crippen LogP contribution in [0.25, 0.3) is 11.4 Å². The van der Waals surface area contributed by atoms with Crippen molar-refractivity contribution in [2.24, 2.45) is 0 Å². The van der Waals surface area contributed by atoms with E-state index in [4.69, 9.17) is 22.6 Å². The summed E-state index contributed by atoms with van der Waals surface area (Å²) in [5, 5.41) is 17.2. The summed E-state index contributed by atoms with van der Waals surface area (Å²) in [4.78, 5) is 10.5. The van der Waals surface area contributed by atoms with Crippen LogP contribution in [-0.2, 0) is 4.79 Å². The molecule has 3 N–H and O–H groups in total. The second kappa shape index (κ2) is 5.81. The standard InChI is InChI=1S/C10H8BrClN4O2S/c11-6-3-1-2-5(8(6)12)9-14-15-10(16(9)13)19-4-7(17)18/h1-3H,4,13H2,(H,17,18). The quantitative estimate of drug-likeness (QED) is 0.639. The van der Waals surface area contributed by atoms with Crippen molar-refractivity contribution in [3.63, 3.8) is 0 Å². The maximum atomic E-state index is 10.5. The summed E-state index contributed by atoms with van der Waals surface area (Å²) in [5.41, 5.74) is 0.619. The van der Waals surface area contributed by atoms with Crippen LogP contribution in [0.4, 0.5) is 0 Å². The minimum atomic E-state index is -0.949. The molecule has 6 nitrogen and oxygen atoms in total. The Kier molecular flexibility index (Phi) is 4.33. The first-order valence-electron chi connectivity index (χ1n) is 5.00. The number of aromatic nitrogens is 3. The van der Waals surface area contributed by atoms with Crippen LogP contribution in [0.15, 0.2) is 27.8 Å². The number of aliphatic carboxylic acids is 1. The van der Waals surface area contributed by atoms with Gasteiger partial charge in [0.05, 0.1) is 10.8 Å². The van der Waals surface area contributed by atoms with E-state index >= 15 is 0 Å². The van der Waals surface area contributed by atoms with Gasteiger partial charge in [-0.1, -0.05) is 29.4 Å². The van der Waals surface area contributed by atoms with Crippen LogP contribution in [-0.4, -0.2) is 31.7 Å². The molecule has 0 aliphatic carbocycles. The molecule has 100 valence electrons. The first-order valence-corrected chi connectivity index (χ1v) is 7.16. The summed E-state index contributed by atoms with van der Waals surface area (Å²) in [6, 6.07) is 5.35. The average molecular weight is 364 g/mol. The molecular formula is C10H8BrClN4O2S. The monoisotopic (exact) mass is 362 g/mol. The van der Waals surface area contributed by atoms with Gasteiger partial charge in [-0.3, -0.25) is 4.79 Å². The minimum Gasteiger partial charge on any atom is -0.481 e. The van der Waals surface area contributed by atoms with E-state index in [2.05, 4.69) is 26.1 Å². The van der Waals surface area contributed by atoms with Gasteiger partial charge in [-0.15, -0.1) is 10.2 Å². The Labute approximate surface area is 126 Å². The molecule has 0 fully saturated rings. The Morgan fingerprint density at radius 2 is 2.26 bits per heavy atom. The Morgan fingerprint density at radius 3 is 2.95 bits per heavy atom. The number of carboxylic acids is 1. The molecule has 1 aromatic carbocycles. The van der Waals surface area contributed by atoms with Crippen molar-refractivity contribution in [1.29, 1.82) is 0 Å². The van der Waals surface area contributed by atoms with E-state index in [9.17, 15) is 4.79 Å². The third kappa shape index (κ3) is 3.02. The van der Waals surface area contributed by atoms with Gasteiger partial charge in [0.25, 0.3) is 0 Å². The SMILES string of the molecule is Nn1c(SCC(=O)O)nnc1-c1cccc(Br)c1Cl. The van der Waals surface area contributed by atoms with Gasteiger partial charge in [0.15, 0.2) is 5.82 Å². The molecular weight excluding hydrogens is 356 g/mol. The molecule has 0 bridgehead atoms. The predicted molar refractivity (Wildman–Crippen MR) is 76.7 cm³/mol. The highest BCUT2D eigenvalue weighted by Crippen LogP contribution is 2.33. The lowest BCUT2D eigenvalue weighted by atomic mass is 10.2. The Bertz CT molecular complexity index is 634. The third-order valence-electron chi connectivity index (χ3n) is 2.18. The molecule has 1 aromatic heterocycles. The van der Waals surface area contributed by atoms with Crippen LogP contribution in [0.5, 0.6) is 0 Å². The molecule has 0 spiro atoms. The molecule has 0 saturated heterocycles. The summed E-state index contributed by atoms with van der Waals surface area (Å²) in [7, 11) is 0. The highest BCUT2D eigenvalue weighted by Gasteiger charge is 2.16. The van der Waals surface area contributed by atoms with Gasteiger partial charge in [-0.25, -0.2) is 4.68 Å². The number of carbonyl (C=O) groups is 1. The lowest BCUT2D eigenvalue weighted by Gasteiger charge is -2.05. The number of thioether (sulfide) groups is 1. The molecule has 1 heterocycles. The number of benzene rings is 1. The van der Waals surface area contributed by atoms with Gasteiger partial charge in [0.1, 0.15) is 0 Å². The zero-order chi connectivity index (χ0) is 14.0. The molecule has 0 aliphatic heterocycles. The van der Waals surface area contributed by atoms with E-state index in [1.165, 1.54) is 4.68 Å². The largest absolute Gasteiger partial charge is 0.481 e. The fraction of sp³-hybridized carbons (Fsp3) is 0.100. The second-order valence-corrected chi connectivity index (χ2v) is 5.63. The van der Waals surface area contributed by atoms with Gasteiger partial charge in [0, 0.05) is 10.0 Å². The third-order valence-corrected chi connectivity index (χ3v) is 4.41. The van der Waals surface area contributed by atoms with Gasteiger partial charge in [-0.05, 0) is 28.1 Å². The molecule has 0 aliphatic rings. The van der Waals surface area contributed by atoms with Crippen molar-refractivity contribution >= 4 is 45.3 Å². The summed E-state index contributed by atoms with van der Waals surface area (Å²) in [5.74, 6) is 5.13. The van der Waals surface area contributed by atoms with E-state index in [0.29, 0.717) is 21.6 Å². The number of rotatable bonds is 4. The van der Waals surface area contributed by atoms with Crippen molar-refractivity contribution < 1.29 is 9.90 Å². The minimum absolute atomic E-state index is 0.137. The molecule has 0 radical (unpaired) electrons. The lowest BCUT2D eigenvalue weighted by Crippen LogP contribution is -2.12. The molecule has 9 heteroatoms. The maximum Gasteiger partial charge on any atom is 0.313 e. The van der Waals surface area contributed by atoms with Crippen molar-refractivity contribution in [3.05, 3.63) is 27.7 Å². The summed E-state index contributed by atoms with van der Waals surface area (Å²) in [6.45, 7) is 0. The zero-order valence-electron chi connectivity index (χ0n) is 9.38. The van der Waals surface area contributed by atoms with Crippen LogP contribution < -0.4 is 5.84 Å². The van der Waals surface area contributed by atoms with E-state index in [-0.39, 0.29) is 5.75 Å². The number of carboxylic acid groups (broad SMARTS) is 1. The van der Waals surface area contributed by atoms with E-state index < -0.39 is 5.97 Å². The molecule has 2 aromatic rings. The molecule has 0 saturated carbocycles. The highest BCUT2D eigenvalue weighted by molar-refractivity contribution is 9.10. The number of nitrogen functional groups attached to an aromatic ring is 1. The van der Waals surface area contributed by atoms with Crippen LogP contribution in [0, 0.1) is 0 Å². The van der Waals surface area contributed by atoms with Crippen molar-refractivity contribution in [3.8, 4) is 11.4 Å². The van der Waals surface area contributed by atoms with Gasteiger partial charge >= 0.3 is 5.97 Å². The fourth-order valence-electron chi connectivity index (χ4n) is 1.36. The van der Waals surface area contributed by atoms with Crippen LogP contribution >= 0.6 is 39.3 Å². The summed E-state index contributed by atoms with van der Waals surface area (Å²) in [6.07, 6.45) is 0. The van der Waals surface area contributed by atoms with Crippen LogP contribution in [0.3, 0.4) is 0 Å². The first kappa shape index (κ1) is 14.2. The molecule has 0 atom stereocenters. The predicted octanol–water partition coefficient (Wildman–Crippen LogP) is 2.25. The van der Waals surface area contributed by atoms with Gasteiger partial charge < -0.3 is 10.9 Å². The first-order chi connectivity index (χ1) is 9.00. The van der Waals surface area contributed by atoms with Gasteiger partial charge in [-0.2, -0.15) is 0 Å². The number of nitrogens with two attached hydrogens (primary N) is 1. The highest BCUT2D eigenvalue weighted by atomic mass is 79.9. The second-order valence-electron chi connectivity index (χ2n) is 3.46. The van der Waals surface area contributed by atoms with Crippen molar-refractivity contribution in [2.75, 3.05) is 11.6 Å². The number of nitrogens with zero attached hydrogens (tertiary/aromatic N) is 3. The number of hydrogen-bond acceptors (Lipinski definition) is 5. The van der Waals surface area contributed by atoms with Crippen LogP contribution in [0.2, 0.25) is 5.02 Å². The maximum absolute atomic E-state index is 10.5. The van der Waals surface area contributed by atoms with Gasteiger partial charge in [0.2, 0.25) is 5.16 Å². The lowest BCUT2D eigenvalue weighted by molar-refractivity contribution is -0.133. The van der Waals surface area contributed by atoms with Crippen molar-refractivity contribution in [1.82, 2.24) is 14.9 Å². The molecule has 0 amide bonds. The number of hydrogen-bond donors (Lipinski definition) is 2. The van der Waals surface area contributed by atoms with Crippen molar-refractivity contribution in [2.45, 2.75) is 5.16 Å². The molecule has 19 heavy (non-hydrogen) atoms. The Balaban J connectivity index is 2.36. The average Bonchev–Trinajstić information content (AvgIpc) is 2.72. The van der Waals surface area contributed by atoms with E-state index in [1.54, 1.807) is 18.2 Å². The fourth-order valence-corrected chi connectivity index (χ4v) is 2.52. The zero-order valence-corrected chi connectivity index (χ0v) is 12.5. The Morgan fingerprint density at radius 1 is 1.53 bits per heavy atom. The van der Waals surface area contributed by atoms with E-state index in [1.807, 2.05) is 0 Å². The molecule has 2 rings (SSSR count). The number of halogens is 2. The summed E-state index contributed by atoms with van der Waals surface area (Å²) >= 11 is 10.5. The van der Waals surface area contributed by atoms with E-state index in [0.717, 1.165) is 16.2 Å². The summed E-state index contributed by atoms with van der Waals surface area (Å²) < 4.78 is 1.94. The Hall–Kier alpha value is -1.25. The molecule has 0 unspecified atom stereocenters. The smallest absolute Gasteiger partial charge is 0.313 e. The van der Waals surface area contributed by atoms with Crippen LogP contribution in [0.1, 0.15) is 0 Å². The topological polar surface area (TPSA) is 94.0 Å².